The highest BCUT2D eigenvalue weighted by Crippen LogP contribution is 2.26. The van der Waals surface area contributed by atoms with E-state index in [4.69, 9.17) is 0 Å². The second-order valence-corrected chi connectivity index (χ2v) is 5.23. The van der Waals surface area contributed by atoms with Gasteiger partial charge < -0.3 is 0 Å². The summed E-state index contributed by atoms with van der Waals surface area (Å²) in [5.41, 5.74) is 6.14. The normalized spacial score (nSPS) is 10.8. The van der Waals surface area contributed by atoms with E-state index in [1.165, 1.54) is 22.4 Å². The van der Waals surface area contributed by atoms with Gasteiger partial charge in [-0.1, -0.05) is 42.0 Å². The largest absolute Gasteiger partial charge is 0.299 e. The fourth-order valence-corrected chi connectivity index (χ4v) is 2.67. The van der Waals surface area contributed by atoms with E-state index >= 15 is 0 Å². The lowest BCUT2D eigenvalue weighted by atomic mass is 10.1. The van der Waals surface area contributed by atoms with Crippen molar-refractivity contribution >= 4 is 0 Å². The molecule has 100 valence electrons. The van der Waals surface area contributed by atoms with Crippen molar-refractivity contribution in [2.24, 2.45) is 0 Å². The molecule has 0 aliphatic heterocycles. The Bertz CT molecular complexity index is 733. The third kappa shape index (κ3) is 2.14. The maximum absolute atomic E-state index is 4.55. The molecule has 0 atom stereocenters. The molecule has 2 nitrogen and oxygen atoms in total. The van der Waals surface area contributed by atoms with Gasteiger partial charge in [-0.2, -0.15) is 0 Å². The summed E-state index contributed by atoms with van der Waals surface area (Å²) in [5.74, 6) is 0.992. The summed E-state index contributed by atoms with van der Waals surface area (Å²) < 4.78 is 2.18. The number of hydrogen-bond acceptors (Lipinski definition) is 1. The van der Waals surface area contributed by atoms with Crippen LogP contribution in [-0.2, 0) is 0 Å². The summed E-state index contributed by atoms with van der Waals surface area (Å²) in [7, 11) is 0. The molecular formula is C18H18N2. The Hall–Kier alpha value is -2.35. The third-order valence-corrected chi connectivity index (χ3v) is 3.60. The lowest BCUT2D eigenvalue weighted by Crippen LogP contribution is -2.01. The quantitative estimate of drug-likeness (QED) is 0.666. The van der Waals surface area contributed by atoms with Crippen LogP contribution in [0, 0.1) is 20.8 Å². The fraction of sp³-hybridized carbons (Fsp3) is 0.167. The number of para-hydroxylation sites is 1. The summed E-state index contributed by atoms with van der Waals surface area (Å²) in [6, 6.07) is 14.8. The van der Waals surface area contributed by atoms with Gasteiger partial charge in [0.2, 0.25) is 0 Å². The number of nitrogens with zero attached hydrogens (tertiary/aromatic N) is 2. The van der Waals surface area contributed by atoms with Crippen LogP contribution in [-0.4, -0.2) is 9.55 Å². The monoisotopic (exact) mass is 262 g/mol. The minimum Gasteiger partial charge on any atom is -0.299 e. The second-order valence-electron chi connectivity index (χ2n) is 5.23. The zero-order valence-electron chi connectivity index (χ0n) is 12.1. The van der Waals surface area contributed by atoms with E-state index in [9.17, 15) is 0 Å². The van der Waals surface area contributed by atoms with Crippen LogP contribution in [0.15, 0.2) is 54.9 Å². The predicted molar refractivity (Wildman–Crippen MR) is 83.2 cm³/mol. The molecule has 0 saturated carbocycles. The minimum absolute atomic E-state index is 0.992. The first kappa shape index (κ1) is 12.7. The Morgan fingerprint density at radius 3 is 2.30 bits per heavy atom. The standard InChI is InChI=1S/C18H18N2/c1-13-6-4-9-16(12-13)18-19-10-11-20(18)17-14(2)7-5-8-15(17)3/h4-12H,1-3H3. The Labute approximate surface area is 119 Å². The maximum Gasteiger partial charge on any atom is 0.144 e. The van der Waals surface area contributed by atoms with Crippen molar-refractivity contribution in [2.45, 2.75) is 20.8 Å². The van der Waals surface area contributed by atoms with Crippen molar-refractivity contribution < 1.29 is 0 Å². The van der Waals surface area contributed by atoms with Gasteiger partial charge in [0.25, 0.3) is 0 Å². The van der Waals surface area contributed by atoms with Crippen LogP contribution in [0.5, 0.6) is 0 Å². The number of rotatable bonds is 2. The molecule has 0 unspecified atom stereocenters. The van der Waals surface area contributed by atoms with Gasteiger partial charge >= 0.3 is 0 Å². The van der Waals surface area contributed by atoms with Crippen LogP contribution in [0.2, 0.25) is 0 Å². The van der Waals surface area contributed by atoms with Gasteiger partial charge in [0.1, 0.15) is 5.82 Å². The number of benzene rings is 2. The highest BCUT2D eigenvalue weighted by atomic mass is 15.1. The predicted octanol–water partition coefficient (Wildman–Crippen LogP) is 4.46. The zero-order chi connectivity index (χ0) is 14.1. The number of hydrogen-bond donors (Lipinski definition) is 0. The van der Waals surface area contributed by atoms with Gasteiger partial charge in [0.05, 0.1) is 5.69 Å². The van der Waals surface area contributed by atoms with Gasteiger partial charge in [-0.05, 0) is 38.0 Å². The van der Waals surface area contributed by atoms with Crippen LogP contribution in [0.4, 0.5) is 0 Å². The smallest absolute Gasteiger partial charge is 0.144 e. The molecule has 0 aliphatic rings. The topological polar surface area (TPSA) is 17.8 Å². The average molecular weight is 262 g/mol. The van der Waals surface area contributed by atoms with Gasteiger partial charge in [0.15, 0.2) is 0 Å². The Balaban J connectivity index is 2.21. The summed E-state index contributed by atoms with van der Waals surface area (Å²) in [6.45, 7) is 6.39. The molecule has 0 bridgehead atoms. The van der Waals surface area contributed by atoms with Crippen molar-refractivity contribution in [3.63, 3.8) is 0 Å². The molecule has 1 aromatic heterocycles. The molecule has 20 heavy (non-hydrogen) atoms. The number of aromatic nitrogens is 2. The van der Waals surface area contributed by atoms with Crippen molar-refractivity contribution in [2.75, 3.05) is 0 Å². The van der Waals surface area contributed by atoms with Crippen LogP contribution in [0.3, 0.4) is 0 Å². The van der Waals surface area contributed by atoms with Gasteiger partial charge in [-0.3, -0.25) is 4.57 Å². The average Bonchev–Trinajstić information content (AvgIpc) is 2.87. The molecule has 0 fully saturated rings. The minimum atomic E-state index is 0.992. The molecule has 0 aliphatic carbocycles. The molecule has 1 heterocycles. The van der Waals surface area contributed by atoms with Crippen molar-refractivity contribution in [1.82, 2.24) is 9.55 Å². The van der Waals surface area contributed by atoms with E-state index in [0.29, 0.717) is 0 Å². The van der Waals surface area contributed by atoms with Crippen LogP contribution >= 0.6 is 0 Å². The molecule has 0 N–H and O–H groups in total. The molecule has 0 radical (unpaired) electrons. The SMILES string of the molecule is Cc1cccc(-c2nccn2-c2c(C)cccc2C)c1. The molecule has 2 heteroatoms. The molecule has 2 aromatic carbocycles. The molecule has 0 saturated heterocycles. The third-order valence-electron chi connectivity index (χ3n) is 3.60. The maximum atomic E-state index is 4.55. The van der Waals surface area contributed by atoms with Crippen molar-refractivity contribution in [3.8, 4) is 17.1 Å². The first-order valence-electron chi connectivity index (χ1n) is 6.84. The van der Waals surface area contributed by atoms with Crippen LogP contribution < -0.4 is 0 Å². The van der Waals surface area contributed by atoms with E-state index in [2.05, 4.69) is 72.8 Å². The Morgan fingerprint density at radius 1 is 0.900 bits per heavy atom. The summed E-state index contributed by atoms with van der Waals surface area (Å²) in [6.07, 6.45) is 3.90. The highest BCUT2D eigenvalue weighted by molar-refractivity contribution is 5.61. The van der Waals surface area contributed by atoms with Gasteiger partial charge in [-0.15, -0.1) is 0 Å². The van der Waals surface area contributed by atoms with E-state index in [1.807, 2.05) is 12.4 Å². The summed E-state index contributed by atoms with van der Waals surface area (Å²) in [5, 5.41) is 0. The van der Waals surface area contributed by atoms with Crippen molar-refractivity contribution in [3.05, 3.63) is 71.5 Å². The van der Waals surface area contributed by atoms with Crippen molar-refractivity contribution in [1.29, 1.82) is 0 Å². The van der Waals surface area contributed by atoms with Crippen LogP contribution in [0.25, 0.3) is 17.1 Å². The highest BCUT2D eigenvalue weighted by Gasteiger charge is 2.11. The first-order valence-corrected chi connectivity index (χ1v) is 6.84. The number of aryl methyl sites for hydroxylation is 3. The lowest BCUT2D eigenvalue weighted by molar-refractivity contribution is 1.03. The van der Waals surface area contributed by atoms with E-state index < -0.39 is 0 Å². The van der Waals surface area contributed by atoms with E-state index in [0.717, 1.165) is 11.4 Å². The van der Waals surface area contributed by atoms with E-state index in [1.54, 1.807) is 0 Å². The molecular weight excluding hydrogens is 244 g/mol. The Morgan fingerprint density at radius 2 is 1.60 bits per heavy atom. The summed E-state index contributed by atoms with van der Waals surface area (Å²) in [4.78, 5) is 4.55. The molecule has 0 amide bonds. The molecule has 3 rings (SSSR count). The van der Waals surface area contributed by atoms with Gasteiger partial charge in [-0.25, -0.2) is 4.98 Å². The zero-order valence-corrected chi connectivity index (χ0v) is 12.1. The number of imidazole rings is 1. The van der Waals surface area contributed by atoms with Gasteiger partial charge in [0, 0.05) is 18.0 Å². The van der Waals surface area contributed by atoms with Crippen LogP contribution in [0.1, 0.15) is 16.7 Å². The molecule has 3 aromatic rings. The lowest BCUT2D eigenvalue weighted by Gasteiger charge is -2.14. The van der Waals surface area contributed by atoms with E-state index in [-0.39, 0.29) is 0 Å². The fourth-order valence-electron chi connectivity index (χ4n) is 2.67. The summed E-state index contributed by atoms with van der Waals surface area (Å²) >= 11 is 0. The molecule has 0 spiro atoms. The Kier molecular flexibility index (Phi) is 3.15. The second kappa shape index (κ2) is 4.97. The first-order chi connectivity index (χ1) is 9.66.